The van der Waals surface area contributed by atoms with Gasteiger partial charge in [0.25, 0.3) is 0 Å². The maximum atomic E-state index is 5.95. The minimum atomic E-state index is -0.0877. The molecule has 1 fully saturated rings. The Bertz CT molecular complexity index is 390. The van der Waals surface area contributed by atoms with E-state index in [1.807, 2.05) is 0 Å². The molecule has 2 rings (SSSR count). The maximum absolute atomic E-state index is 5.95. The summed E-state index contributed by atoms with van der Waals surface area (Å²) in [5.74, 6) is 0. The molecule has 1 saturated heterocycles. The van der Waals surface area contributed by atoms with Crippen molar-refractivity contribution in [3.63, 3.8) is 0 Å². The lowest BCUT2D eigenvalue weighted by molar-refractivity contribution is -0.122. The van der Waals surface area contributed by atoms with Crippen LogP contribution in [-0.2, 0) is 16.1 Å². The van der Waals surface area contributed by atoms with E-state index in [4.69, 9.17) is 9.47 Å². The molecule has 0 spiro atoms. The van der Waals surface area contributed by atoms with Crippen LogP contribution in [0.25, 0.3) is 0 Å². The van der Waals surface area contributed by atoms with Crippen molar-refractivity contribution in [3.05, 3.63) is 35.4 Å². The van der Waals surface area contributed by atoms with Gasteiger partial charge in [0.1, 0.15) is 0 Å². The van der Waals surface area contributed by atoms with E-state index in [1.54, 1.807) is 0 Å². The molecule has 1 aliphatic heterocycles. The zero-order chi connectivity index (χ0) is 13.0. The van der Waals surface area contributed by atoms with Crippen LogP contribution in [-0.4, -0.2) is 31.4 Å². The quantitative estimate of drug-likeness (QED) is 0.888. The van der Waals surface area contributed by atoms with E-state index in [1.165, 1.54) is 11.1 Å². The molecule has 1 N–H and O–H groups in total. The SMILES string of the molecule is Cc1cccc(COCC2CNCC(C)(C)O2)c1. The summed E-state index contributed by atoms with van der Waals surface area (Å²) in [5.41, 5.74) is 2.40. The van der Waals surface area contributed by atoms with Crippen LogP contribution in [0.1, 0.15) is 25.0 Å². The van der Waals surface area contributed by atoms with E-state index < -0.39 is 0 Å². The van der Waals surface area contributed by atoms with Gasteiger partial charge >= 0.3 is 0 Å². The molecule has 18 heavy (non-hydrogen) atoms. The third kappa shape index (κ3) is 4.09. The van der Waals surface area contributed by atoms with Gasteiger partial charge in [-0.05, 0) is 26.3 Å². The van der Waals surface area contributed by atoms with Crippen molar-refractivity contribution >= 4 is 0 Å². The van der Waals surface area contributed by atoms with Gasteiger partial charge in [0, 0.05) is 13.1 Å². The Morgan fingerprint density at radius 2 is 2.28 bits per heavy atom. The van der Waals surface area contributed by atoms with Crippen LogP contribution in [0, 0.1) is 6.92 Å². The van der Waals surface area contributed by atoms with Crippen molar-refractivity contribution in [2.45, 2.75) is 39.1 Å². The number of hydrogen-bond donors (Lipinski definition) is 1. The average Bonchev–Trinajstić information content (AvgIpc) is 2.28. The van der Waals surface area contributed by atoms with E-state index >= 15 is 0 Å². The van der Waals surface area contributed by atoms with Gasteiger partial charge in [0.15, 0.2) is 0 Å². The summed E-state index contributed by atoms with van der Waals surface area (Å²) < 4.78 is 11.7. The third-order valence-corrected chi connectivity index (χ3v) is 3.06. The third-order valence-electron chi connectivity index (χ3n) is 3.06. The summed E-state index contributed by atoms with van der Waals surface area (Å²) in [6.45, 7) is 9.38. The molecular formula is C15H23NO2. The Labute approximate surface area is 109 Å². The molecular weight excluding hydrogens is 226 g/mol. The van der Waals surface area contributed by atoms with Crippen molar-refractivity contribution < 1.29 is 9.47 Å². The number of rotatable bonds is 4. The molecule has 1 heterocycles. The van der Waals surface area contributed by atoms with Gasteiger partial charge in [0.05, 0.1) is 24.9 Å². The zero-order valence-corrected chi connectivity index (χ0v) is 11.5. The fourth-order valence-corrected chi connectivity index (χ4v) is 2.27. The Hall–Kier alpha value is -0.900. The number of hydrogen-bond acceptors (Lipinski definition) is 3. The van der Waals surface area contributed by atoms with Crippen LogP contribution < -0.4 is 5.32 Å². The summed E-state index contributed by atoms with van der Waals surface area (Å²) in [5, 5.41) is 3.38. The van der Waals surface area contributed by atoms with Crippen LogP contribution in [0.15, 0.2) is 24.3 Å². The first-order chi connectivity index (χ1) is 8.55. The molecule has 1 aromatic carbocycles. The summed E-state index contributed by atoms with van der Waals surface area (Å²) >= 11 is 0. The zero-order valence-electron chi connectivity index (χ0n) is 11.5. The van der Waals surface area contributed by atoms with Crippen molar-refractivity contribution in [2.75, 3.05) is 19.7 Å². The second-order valence-electron chi connectivity index (χ2n) is 5.63. The van der Waals surface area contributed by atoms with Gasteiger partial charge in [-0.15, -0.1) is 0 Å². The number of ether oxygens (including phenoxy) is 2. The van der Waals surface area contributed by atoms with Gasteiger partial charge in [-0.2, -0.15) is 0 Å². The maximum Gasteiger partial charge on any atom is 0.0940 e. The van der Waals surface area contributed by atoms with Crippen molar-refractivity contribution in [3.8, 4) is 0 Å². The number of benzene rings is 1. The van der Waals surface area contributed by atoms with Gasteiger partial charge in [0.2, 0.25) is 0 Å². The standard InChI is InChI=1S/C15H23NO2/c1-12-5-4-6-13(7-12)9-17-10-14-8-16-11-15(2,3)18-14/h4-7,14,16H,8-11H2,1-3H3. The minimum absolute atomic E-state index is 0.0877. The van der Waals surface area contributed by atoms with E-state index in [-0.39, 0.29) is 11.7 Å². The van der Waals surface area contributed by atoms with Gasteiger partial charge in [-0.3, -0.25) is 0 Å². The first-order valence-electron chi connectivity index (χ1n) is 6.57. The van der Waals surface area contributed by atoms with Gasteiger partial charge in [-0.25, -0.2) is 0 Å². The average molecular weight is 249 g/mol. The van der Waals surface area contributed by atoms with E-state index in [0.717, 1.165) is 13.1 Å². The monoisotopic (exact) mass is 249 g/mol. The lowest BCUT2D eigenvalue weighted by atomic mass is 10.1. The minimum Gasteiger partial charge on any atom is -0.374 e. The van der Waals surface area contributed by atoms with Crippen LogP contribution in [0.2, 0.25) is 0 Å². The molecule has 3 heteroatoms. The topological polar surface area (TPSA) is 30.5 Å². The van der Waals surface area contributed by atoms with Crippen LogP contribution >= 0.6 is 0 Å². The lowest BCUT2D eigenvalue weighted by Gasteiger charge is -2.36. The fourth-order valence-electron chi connectivity index (χ4n) is 2.27. The molecule has 0 amide bonds. The second kappa shape index (κ2) is 5.83. The van der Waals surface area contributed by atoms with Gasteiger partial charge < -0.3 is 14.8 Å². The highest BCUT2D eigenvalue weighted by atomic mass is 16.5. The van der Waals surface area contributed by atoms with Crippen molar-refractivity contribution in [1.29, 1.82) is 0 Å². The number of morpholine rings is 1. The summed E-state index contributed by atoms with van der Waals surface area (Å²) in [6.07, 6.45) is 0.151. The normalized spacial score (nSPS) is 22.9. The van der Waals surface area contributed by atoms with Crippen molar-refractivity contribution in [1.82, 2.24) is 5.32 Å². The summed E-state index contributed by atoms with van der Waals surface area (Å²) in [7, 11) is 0. The highest BCUT2D eigenvalue weighted by Gasteiger charge is 2.28. The first-order valence-corrected chi connectivity index (χ1v) is 6.57. The molecule has 100 valence electrons. The molecule has 0 radical (unpaired) electrons. The Kier molecular flexibility index (Phi) is 4.38. The molecule has 1 aromatic rings. The van der Waals surface area contributed by atoms with Crippen molar-refractivity contribution in [2.24, 2.45) is 0 Å². The molecule has 0 aliphatic carbocycles. The lowest BCUT2D eigenvalue weighted by Crippen LogP contribution is -2.51. The molecule has 1 aliphatic rings. The van der Waals surface area contributed by atoms with E-state index in [0.29, 0.717) is 13.2 Å². The fraction of sp³-hybridized carbons (Fsp3) is 0.600. The predicted octanol–water partition coefficient (Wildman–Crippen LogP) is 2.28. The van der Waals surface area contributed by atoms with Crippen LogP contribution in [0.5, 0.6) is 0 Å². The Morgan fingerprint density at radius 1 is 1.44 bits per heavy atom. The van der Waals surface area contributed by atoms with Crippen LogP contribution in [0.4, 0.5) is 0 Å². The number of nitrogens with one attached hydrogen (secondary N) is 1. The molecule has 0 saturated carbocycles. The molecule has 1 atom stereocenters. The first kappa shape index (κ1) is 13.5. The smallest absolute Gasteiger partial charge is 0.0940 e. The van der Waals surface area contributed by atoms with E-state index in [9.17, 15) is 0 Å². The summed E-state index contributed by atoms with van der Waals surface area (Å²) in [6, 6.07) is 8.41. The van der Waals surface area contributed by atoms with Crippen LogP contribution in [0.3, 0.4) is 0 Å². The van der Waals surface area contributed by atoms with E-state index in [2.05, 4.69) is 50.4 Å². The van der Waals surface area contributed by atoms with Gasteiger partial charge in [-0.1, -0.05) is 29.8 Å². The Balaban J connectivity index is 1.75. The predicted molar refractivity (Wildman–Crippen MR) is 72.7 cm³/mol. The number of aryl methyl sites for hydroxylation is 1. The highest BCUT2D eigenvalue weighted by molar-refractivity contribution is 5.21. The largest absolute Gasteiger partial charge is 0.374 e. The Morgan fingerprint density at radius 3 is 3.00 bits per heavy atom. The molecule has 0 bridgehead atoms. The molecule has 0 aromatic heterocycles. The molecule has 3 nitrogen and oxygen atoms in total. The second-order valence-corrected chi connectivity index (χ2v) is 5.63. The summed E-state index contributed by atoms with van der Waals surface area (Å²) in [4.78, 5) is 0. The molecule has 1 unspecified atom stereocenters. The highest BCUT2D eigenvalue weighted by Crippen LogP contribution is 2.15.